The van der Waals surface area contributed by atoms with Crippen LogP contribution in [0.15, 0.2) is 23.4 Å². The minimum absolute atomic E-state index is 0.302. The highest BCUT2D eigenvalue weighted by molar-refractivity contribution is 7.99. The Morgan fingerprint density at radius 2 is 2.32 bits per heavy atom. The highest BCUT2D eigenvalue weighted by atomic mass is 35.5. The second-order valence-electron chi connectivity index (χ2n) is 4.49. The molecule has 0 fully saturated rings. The molecule has 19 heavy (non-hydrogen) atoms. The number of pyridine rings is 1. The second-order valence-corrected chi connectivity index (χ2v) is 6.04. The van der Waals surface area contributed by atoms with E-state index in [0.717, 1.165) is 30.2 Å². The van der Waals surface area contributed by atoms with Crippen molar-refractivity contribution < 1.29 is 4.79 Å². The summed E-state index contributed by atoms with van der Waals surface area (Å²) < 4.78 is 0. The van der Waals surface area contributed by atoms with Crippen molar-refractivity contribution >= 4 is 29.3 Å². The molecule has 1 aromatic heterocycles. The lowest BCUT2D eigenvalue weighted by Gasteiger charge is -2.26. The number of aromatic nitrogens is 1. The SMILES string of the molecule is CCNC(C)(CCCSc1ccc(Cl)cn1)C(N)=O. The zero-order valence-corrected chi connectivity index (χ0v) is 12.9. The first-order chi connectivity index (χ1) is 8.98. The van der Waals surface area contributed by atoms with E-state index in [-0.39, 0.29) is 5.91 Å². The average molecular weight is 302 g/mol. The maximum Gasteiger partial charge on any atom is 0.237 e. The monoisotopic (exact) mass is 301 g/mol. The summed E-state index contributed by atoms with van der Waals surface area (Å²) in [6, 6.07) is 3.72. The molecule has 1 aromatic rings. The van der Waals surface area contributed by atoms with Gasteiger partial charge in [-0.3, -0.25) is 4.79 Å². The molecule has 1 heterocycles. The highest BCUT2D eigenvalue weighted by Crippen LogP contribution is 2.20. The van der Waals surface area contributed by atoms with Crippen molar-refractivity contribution in [3.05, 3.63) is 23.4 Å². The fourth-order valence-corrected chi connectivity index (χ4v) is 2.64. The number of halogens is 1. The Labute approximate surface area is 123 Å². The van der Waals surface area contributed by atoms with Gasteiger partial charge in [-0.2, -0.15) is 0 Å². The van der Waals surface area contributed by atoms with Crippen LogP contribution in [0.4, 0.5) is 0 Å². The van der Waals surface area contributed by atoms with Crippen LogP contribution in [0.2, 0.25) is 5.02 Å². The number of amides is 1. The van der Waals surface area contributed by atoms with E-state index in [1.807, 2.05) is 26.0 Å². The van der Waals surface area contributed by atoms with Crippen LogP contribution in [0, 0.1) is 0 Å². The van der Waals surface area contributed by atoms with Crippen LogP contribution in [0.1, 0.15) is 26.7 Å². The van der Waals surface area contributed by atoms with Crippen LogP contribution in [0.5, 0.6) is 0 Å². The van der Waals surface area contributed by atoms with Gasteiger partial charge in [-0.1, -0.05) is 18.5 Å². The standard InChI is InChI=1S/C13H20ClN3OS/c1-3-17-13(2,12(15)18)7-4-8-19-11-6-5-10(14)9-16-11/h5-6,9,17H,3-4,7-8H2,1-2H3,(H2,15,18). The summed E-state index contributed by atoms with van der Waals surface area (Å²) in [4.78, 5) is 15.6. The van der Waals surface area contributed by atoms with Crippen molar-refractivity contribution in [3.63, 3.8) is 0 Å². The van der Waals surface area contributed by atoms with Gasteiger partial charge in [-0.15, -0.1) is 11.8 Å². The number of rotatable bonds is 8. The van der Waals surface area contributed by atoms with Gasteiger partial charge < -0.3 is 11.1 Å². The maximum atomic E-state index is 11.4. The smallest absolute Gasteiger partial charge is 0.237 e. The lowest BCUT2D eigenvalue weighted by Crippen LogP contribution is -2.53. The first-order valence-electron chi connectivity index (χ1n) is 6.27. The lowest BCUT2D eigenvalue weighted by atomic mass is 9.95. The van der Waals surface area contributed by atoms with Gasteiger partial charge in [-0.05, 0) is 44.2 Å². The van der Waals surface area contributed by atoms with Gasteiger partial charge in [0.1, 0.15) is 0 Å². The van der Waals surface area contributed by atoms with Gasteiger partial charge in [0.15, 0.2) is 0 Å². The summed E-state index contributed by atoms with van der Waals surface area (Å²) in [5.41, 5.74) is 4.81. The Morgan fingerprint density at radius 1 is 1.58 bits per heavy atom. The van der Waals surface area contributed by atoms with Crippen LogP contribution < -0.4 is 11.1 Å². The topological polar surface area (TPSA) is 68.0 Å². The van der Waals surface area contributed by atoms with Crippen LogP contribution in [0.25, 0.3) is 0 Å². The Bertz CT molecular complexity index is 413. The molecular weight excluding hydrogens is 282 g/mol. The van der Waals surface area contributed by atoms with Gasteiger partial charge in [0.25, 0.3) is 0 Å². The molecule has 0 aliphatic carbocycles. The van der Waals surface area contributed by atoms with Crippen molar-refractivity contribution in [2.45, 2.75) is 37.3 Å². The second kappa shape index (κ2) is 7.72. The Kier molecular flexibility index (Phi) is 6.62. The number of carbonyl (C=O) groups excluding carboxylic acids is 1. The number of thioether (sulfide) groups is 1. The van der Waals surface area contributed by atoms with Crippen molar-refractivity contribution in [3.8, 4) is 0 Å². The zero-order chi connectivity index (χ0) is 14.3. The molecule has 0 aliphatic heterocycles. The summed E-state index contributed by atoms with van der Waals surface area (Å²) in [5.74, 6) is 0.590. The van der Waals surface area contributed by atoms with E-state index in [9.17, 15) is 4.79 Å². The van der Waals surface area contributed by atoms with E-state index < -0.39 is 5.54 Å². The molecule has 1 amide bonds. The van der Waals surface area contributed by atoms with Gasteiger partial charge in [-0.25, -0.2) is 4.98 Å². The largest absolute Gasteiger partial charge is 0.368 e. The van der Waals surface area contributed by atoms with Crippen molar-refractivity contribution in [2.75, 3.05) is 12.3 Å². The van der Waals surface area contributed by atoms with Crippen molar-refractivity contribution in [1.29, 1.82) is 0 Å². The molecular formula is C13H20ClN3OS. The Morgan fingerprint density at radius 3 is 2.84 bits per heavy atom. The third-order valence-corrected chi connectivity index (χ3v) is 4.14. The zero-order valence-electron chi connectivity index (χ0n) is 11.3. The van der Waals surface area contributed by atoms with E-state index >= 15 is 0 Å². The number of likely N-dealkylation sites (N-methyl/N-ethyl adjacent to an activating group) is 1. The minimum atomic E-state index is -0.622. The predicted octanol–water partition coefficient (Wildman–Crippen LogP) is 2.46. The molecule has 0 aromatic carbocycles. The molecule has 0 saturated carbocycles. The predicted molar refractivity (Wildman–Crippen MR) is 80.5 cm³/mol. The van der Waals surface area contributed by atoms with E-state index in [1.54, 1.807) is 18.0 Å². The summed E-state index contributed by atoms with van der Waals surface area (Å²) in [7, 11) is 0. The van der Waals surface area contributed by atoms with Crippen molar-refractivity contribution in [2.24, 2.45) is 5.73 Å². The van der Waals surface area contributed by atoms with Gasteiger partial charge in [0.05, 0.1) is 15.6 Å². The van der Waals surface area contributed by atoms with Gasteiger partial charge in [0.2, 0.25) is 5.91 Å². The first-order valence-corrected chi connectivity index (χ1v) is 7.63. The number of nitrogens with zero attached hydrogens (tertiary/aromatic N) is 1. The molecule has 3 N–H and O–H groups in total. The normalized spacial score (nSPS) is 14.1. The number of carbonyl (C=O) groups is 1. The Balaban J connectivity index is 2.36. The third kappa shape index (κ3) is 5.38. The molecule has 6 heteroatoms. The molecule has 1 atom stereocenters. The number of nitrogens with one attached hydrogen (secondary N) is 1. The molecule has 0 saturated heterocycles. The molecule has 1 unspecified atom stereocenters. The average Bonchev–Trinajstić information content (AvgIpc) is 2.37. The number of nitrogens with two attached hydrogens (primary N) is 1. The number of hydrogen-bond acceptors (Lipinski definition) is 4. The maximum absolute atomic E-state index is 11.4. The summed E-state index contributed by atoms with van der Waals surface area (Å²) >= 11 is 7.42. The molecule has 1 rings (SSSR count). The van der Waals surface area contributed by atoms with Gasteiger partial charge in [0, 0.05) is 6.20 Å². The van der Waals surface area contributed by atoms with Crippen LogP contribution in [0.3, 0.4) is 0 Å². The number of primary amides is 1. The number of hydrogen-bond donors (Lipinski definition) is 2. The quantitative estimate of drug-likeness (QED) is 0.572. The van der Waals surface area contributed by atoms with Gasteiger partial charge >= 0.3 is 0 Å². The summed E-state index contributed by atoms with van der Waals surface area (Å²) in [6.45, 7) is 4.54. The molecule has 0 radical (unpaired) electrons. The van der Waals surface area contributed by atoms with Crippen LogP contribution in [-0.2, 0) is 4.79 Å². The molecule has 4 nitrogen and oxygen atoms in total. The molecule has 0 bridgehead atoms. The van der Waals surface area contributed by atoms with E-state index in [0.29, 0.717) is 5.02 Å². The lowest BCUT2D eigenvalue weighted by molar-refractivity contribution is -0.124. The van der Waals surface area contributed by atoms with Crippen LogP contribution >= 0.6 is 23.4 Å². The Hall–Kier alpha value is -0.780. The van der Waals surface area contributed by atoms with E-state index in [4.69, 9.17) is 17.3 Å². The van der Waals surface area contributed by atoms with E-state index in [1.165, 1.54) is 0 Å². The minimum Gasteiger partial charge on any atom is -0.368 e. The summed E-state index contributed by atoms with van der Waals surface area (Å²) in [6.07, 6.45) is 3.24. The fraction of sp³-hybridized carbons (Fsp3) is 0.538. The van der Waals surface area contributed by atoms with Crippen LogP contribution in [-0.4, -0.2) is 28.7 Å². The molecule has 0 spiro atoms. The summed E-state index contributed by atoms with van der Waals surface area (Å²) in [5, 5.41) is 4.72. The molecule has 0 aliphatic rings. The fourth-order valence-electron chi connectivity index (χ4n) is 1.74. The van der Waals surface area contributed by atoms with Crippen molar-refractivity contribution in [1.82, 2.24) is 10.3 Å². The third-order valence-electron chi connectivity index (χ3n) is 2.88. The highest BCUT2D eigenvalue weighted by Gasteiger charge is 2.28. The van der Waals surface area contributed by atoms with E-state index in [2.05, 4.69) is 10.3 Å². The first kappa shape index (κ1) is 16.3. The molecule has 106 valence electrons.